The van der Waals surface area contributed by atoms with E-state index in [4.69, 9.17) is 11.6 Å². The van der Waals surface area contributed by atoms with E-state index >= 15 is 0 Å². The first-order chi connectivity index (χ1) is 14.1. The molecule has 2 aromatic rings. The molecule has 2 N–H and O–H groups in total. The van der Waals surface area contributed by atoms with Crippen molar-refractivity contribution in [3.63, 3.8) is 0 Å². The van der Waals surface area contributed by atoms with Gasteiger partial charge in [-0.15, -0.1) is 0 Å². The zero-order valence-corrected chi connectivity index (χ0v) is 17.5. The number of hydrogen-bond acceptors (Lipinski definition) is 3. The number of hydrogen-bond donors (Lipinski definition) is 2. The maximum absolute atomic E-state index is 12.3. The fraction of sp³-hybridized carbons (Fsp3) is 0.409. The highest BCUT2D eigenvalue weighted by atomic mass is 35.5. The molecule has 0 spiro atoms. The van der Waals surface area contributed by atoms with E-state index < -0.39 is 0 Å². The molecule has 1 saturated heterocycles. The Morgan fingerprint density at radius 3 is 2.72 bits per heavy atom. The predicted octanol–water partition coefficient (Wildman–Crippen LogP) is 2.53. The van der Waals surface area contributed by atoms with Gasteiger partial charge in [0, 0.05) is 51.8 Å². The van der Waals surface area contributed by atoms with Crippen LogP contribution in [0.5, 0.6) is 0 Å². The molecule has 1 aromatic carbocycles. The first-order valence-corrected chi connectivity index (χ1v) is 10.4. The van der Waals surface area contributed by atoms with Gasteiger partial charge in [-0.1, -0.05) is 48.0 Å². The van der Waals surface area contributed by atoms with Gasteiger partial charge in [0.2, 0.25) is 5.91 Å². The summed E-state index contributed by atoms with van der Waals surface area (Å²) in [5.74, 6) is 1.30. The van der Waals surface area contributed by atoms with Crippen LogP contribution in [-0.4, -0.2) is 55.0 Å². The topological polar surface area (TPSA) is 69.6 Å². The molecule has 1 aliphatic rings. The summed E-state index contributed by atoms with van der Waals surface area (Å²) in [7, 11) is 1.76. The van der Waals surface area contributed by atoms with Crippen LogP contribution in [0.1, 0.15) is 17.5 Å². The number of nitrogens with zero attached hydrogens (tertiary/aromatic N) is 3. The highest BCUT2D eigenvalue weighted by Crippen LogP contribution is 2.17. The second kappa shape index (κ2) is 10.8. The molecule has 1 amide bonds. The third-order valence-corrected chi connectivity index (χ3v) is 5.31. The van der Waals surface area contributed by atoms with Gasteiger partial charge in [-0.2, -0.15) is 0 Å². The number of carbonyl (C=O) groups excluding carboxylic acids is 1. The van der Waals surface area contributed by atoms with Crippen molar-refractivity contribution in [3.05, 3.63) is 64.9 Å². The van der Waals surface area contributed by atoms with Crippen LogP contribution in [0.25, 0.3) is 0 Å². The molecule has 6 nitrogen and oxygen atoms in total. The van der Waals surface area contributed by atoms with Gasteiger partial charge < -0.3 is 15.5 Å². The van der Waals surface area contributed by atoms with Crippen LogP contribution < -0.4 is 10.6 Å². The van der Waals surface area contributed by atoms with E-state index in [0.717, 1.165) is 50.5 Å². The van der Waals surface area contributed by atoms with Crippen molar-refractivity contribution >= 4 is 23.5 Å². The molecule has 1 aliphatic heterocycles. The third-order valence-electron chi connectivity index (χ3n) is 5.08. The Balaban J connectivity index is 1.37. The number of benzene rings is 1. The smallest absolute Gasteiger partial charge is 0.223 e. The molecule has 7 heteroatoms. The number of aliphatic imine (C=N–C) groups is 1. The van der Waals surface area contributed by atoms with E-state index in [1.807, 2.05) is 29.2 Å². The molecule has 0 bridgehead atoms. The number of aromatic nitrogens is 1. The molecule has 2 heterocycles. The number of rotatable bonds is 8. The molecule has 1 aromatic heterocycles. The minimum atomic E-state index is 0.242. The van der Waals surface area contributed by atoms with Gasteiger partial charge in [0.25, 0.3) is 0 Å². The first kappa shape index (κ1) is 21.1. The number of amides is 1. The van der Waals surface area contributed by atoms with Crippen LogP contribution in [-0.2, 0) is 17.6 Å². The Hall–Kier alpha value is -2.60. The number of halogens is 1. The van der Waals surface area contributed by atoms with Crippen LogP contribution in [0.3, 0.4) is 0 Å². The molecular formula is C22H28ClN5O. The van der Waals surface area contributed by atoms with Gasteiger partial charge >= 0.3 is 0 Å². The van der Waals surface area contributed by atoms with Crippen LogP contribution in [0.2, 0.25) is 5.15 Å². The lowest BCUT2D eigenvalue weighted by Crippen LogP contribution is -2.41. The Labute approximate surface area is 177 Å². The highest BCUT2D eigenvalue weighted by Gasteiger charge is 2.29. The van der Waals surface area contributed by atoms with Gasteiger partial charge in [-0.25, -0.2) is 4.98 Å². The zero-order valence-electron chi connectivity index (χ0n) is 16.8. The van der Waals surface area contributed by atoms with Crippen molar-refractivity contribution in [1.29, 1.82) is 0 Å². The van der Waals surface area contributed by atoms with Crippen molar-refractivity contribution in [2.45, 2.75) is 19.3 Å². The Morgan fingerprint density at radius 1 is 1.17 bits per heavy atom. The minimum Gasteiger partial charge on any atom is -0.356 e. The van der Waals surface area contributed by atoms with Crippen LogP contribution >= 0.6 is 11.6 Å². The van der Waals surface area contributed by atoms with E-state index in [1.165, 1.54) is 5.56 Å². The Morgan fingerprint density at radius 2 is 2.00 bits per heavy atom. The fourth-order valence-corrected chi connectivity index (χ4v) is 3.57. The average Bonchev–Trinajstić information content (AvgIpc) is 3.10. The zero-order chi connectivity index (χ0) is 20.5. The molecule has 0 aliphatic carbocycles. The van der Waals surface area contributed by atoms with E-state index in [0.29, 0.717) is 17.5 Å². The lowest BCUT2D eigenvalue weighted by Gasteiger charge is -2.18. The molecule has 29 heavy (non-hydrogen) atoms. The predicted molar refractivity (Wildman–Crippen MR) is 117 cm³/mol. The fourth-order valence-electron chi connectivity index (χ4n) is 3.46. The van der Waals surface area contributed by atoms with Gasteiger partial charge in [-0.3, -0.25) is 9.79 Å². The Bertz CT molecular complexity index is 810. The summed E-state index contributed by atoms with van der Waals surface area (Å²) in [5, 5.41) is 7.15. The summed E-state index contributed by atoms with van der Waals surface area (Å²) in [4.78, 5) is 22.6. The highest BCUT2D eigenvalue weighted by molar-refractivity contribution is 6.29. The van der Waals surface area contributed by atoms with Crippen molar-refractivity contribution in [1.82, 2.24) is 20.5 Å². The number of carbonyl (C=O) groups is 1. The van der Waals surface area contributed by atoms with E-state index in [2.05, 4.69) is 32.7 Å². The van der Waals surface area contributed by atoms with Crippen molar-refractivity contribution in [2.24, 2.45) is 10.9 Å². The largest absolute Gasteiger partial charge is 0.356 e. The van der Waals surface area contributed by atoms with E-state index in [1.54, 1.807) is 19.3 Å². The van der Waals surface area contributed by atoms with Crippen LogP contribution in [0.15, 0.2) is 53.7 Å². The molecule has 1 fully saturated rings. The van der Waals surface area contributed by atoms with Crippen LogP contribution in [0.4, 0.5) is 0 Å². The van der Waals surface area contributed by atoms with Crippen molar-refractivity contribution in [3.8, 4) is 0 Å². The minimum absolute atomic E-state index is 0.242. The maximum atomic E-state index is 12.3. The number of nitrogens with one attached hydrogen (secondary N) is 2. The molecular weight excluding hydrogens is 386 g/mol. The third kappa shape index (κ3) is 6.75. The summed E-state index contributed by atoms with van der Waals surface area (Å²) in [6.07, 6.45) is 4.11. The number of pyridine rings is 1. The maximum Gasteiger partial charge on any atom is 0.223 e. The van der Waals surface area contributed by atoms with E-state index in [9.17, 15) is 4.79 Å². The average molecular weight is 414 g/mol. The van der Waals surface area contributed by atoms with Gasteiger partial charge in [0.1, 0.15) is 5.15 Å². The van der Waals surface area contributed by atoms with Gasteiger partial charge in [-0.05, 0) is 30.0 Å². The number of guanidine groups is 1. The molecule has 3 rings (SSSR count). The lowest BCUT2D eigenvalue weighted by atomic mass is 10.1. The normalized spacial score (nSPS) is 16.9. The number of likely N-dealkylation sites (tertiary alicyclic amines) is 1. The molecule has 1 atom stereocenters. The van der Waals surface area contributed by atoms with Crippen molar-refractivity contribution < 1.29 is 4.79 Å². The summed E-state index contributed by atoms with van der Waals surface area (Å²) in [5.41, 5.74) is 2.38. The van der Waals surface area contributed by atoms with Gasteiger partial charge in [0.05, 0.1) is 0 Å². The quantitative estimate of drug-likeness (QED) is 0.396. The molecule has 0 radical (unpaired) electrons. The SMILES string of the molecule is CN=C(NCCc1ccc(Cl)nc1)NCC1CC(=O)N(CCc2ccccc2)C1. The lowest BCUT2D eigenvalue weighted by molar-refractivity contribution is -0.127. The van der Waals surface area contributed by atoms with Crippen molar-refractivity contribution in [2.75, 3.05) is 33.2 Å². The molecule has 154 valence electrons. The first-order valence-electron chi connectivity index (χ1n) is 10.0. The van der Waals surface area contributed by atoms with Gasteiger partial charge in [0.15, 0.2) is 5.96 Å². The summed E-state index contributed by atoms with van der Waals surface area (Å²) < 4.78 is 0. The summed E-state index contributed by atoms with van der Waals surface area (Å²) in [6.45, 7) is 3.05. The monoisotopic (exact) mass is 413 g/mol. The molecule has 0 saturated carbocycles. The summed E-state index contributed by atoms with van der Waals surface area (Å²) in [6, 6.07) is 14.1. The second-order valence-electron chi connectivity index (χ2n) is 7.26. The standard InChI is InChI=1S/C22H28ClN5O/c1-24-22(25-11-9-18-7-8-20(23)26-14-18)27-15-19-13-21(29)28(16-19)12-10-17-5-3-2-4-6-17/h2-8,14,19H,9-13,15-16H2,1H3,(H2,24,25,27). The summed E-state index contributed by atoms with van der Waals surface area (Å²) >= 11 is 5.81. The second-order valence-corrected chi connectivity index (χ2v) is 7.65. The van der Waals surface area contributed by atoms with Crippen LogP contribution in [0, 0.1) is 5.92 Å². The Kier molecular flexibility index (Phi) is 7.87. The molecule has 1 unspecified atom stereocenters. The van der Waals surface area contributed by atoms with E-state index in [-0.39, 0.29) is 5.91 Å².